The summed E-state index contributed by atoms with van der Waals surface area (Å²) >= 11 is 9.30. The molecule has 0 aromatic heterocycles. The van der Waals surface area contributed by atoms with Crippen LogP contribution in [-0.4, -0.2) is 8.07 Å². The molecule has 0 aliphatic heterocycles. The zero-order valence-corrected chi connectivity index (χ0v) is 12.7. The number of nitriles is 1. The number of benzene rings is 1. The van der Waals surface area contributed by atoms with Gasteiger partial charge in [-0.3, -0.25) is 0 Å². The molecule has 16 heavy (non-hydrogen) atoms. The van der Waals surface area contributed by atoms with Crippen LogP contribution in [-0.2, 0) is 0 Å². The van der Waals surface area contributed by atoms with Crippen LogP contribution in [0.3, 0.4) is 0 Å². The van der Waals surface area contributed by atoms with Crippen LogP contribution < -0.4 is 0 Å². The highest BCUT2D eigenvalue weighted by molar-refractivity contribution is 9.10. The summed E-state index contributed by atoms with van der Waals surface area (Å²) in [4.78, 5) is 0. The van der Waals surface area contributed by atoms with Gasteiger partial charge in [0.2, 0.25) is 0 Å². The van der Waals surface area contributed by atoms with Crippen molar-refractivity contribution in [1.82, 2.24) is 0 Å². The maximum atomic E-state index is 8.87. The van der Waals surface area contributed by atoms with E-state index in [1.54, 1.807) is 12.1 Å². The Labute approximate surface area is 111 Å². The largest absolute Gasteiger partial charge is 0.192 e. The molecule has 0 unspecified atom stereocenters. The van der Waals surface area contributed by atoms with E-state index >= 15 is 0 Å². The Bertz CT molecular complexity index is 515. The van der Waals surface area contributed by atoms with Crippen LogP contribution in [0.4, 0.5) is 0 Å². The molecule has 0 saturated carbocycles. The lowest BCUT2D eigenvalue weighted by molar-refractivity contribution is 1.46. The second-order valence-electron chi connectivity index (χ2n) is 4.42. The quantitative estimate of drug-likeness (QED) is 0.520. The normalized spacial score (nSPS) is 10.2. The van der Waals surface area contributed by atoms with Crippen molar-refractivity contribution in [3.63, 3.8) is 0 Å². The number of halogens is 2. The summed E-state index contributed by atoms with van der Waals surface area (Å²) in [6.07, 6.45) is 0. The standard InChI is InChI=1S/C12H11BrClNSi/c1-16(2,3)5-4-9-6-10(8-15)12(14)7-11(9)13/h6-7H,1-3H3. The van der Waals surface area contributed by atoms with E-state index in [9.17, 15) is 0 Å². The first kappa shape index (κ1) is 13.3. The molecule has 0 aliphatic rings. The maximum Gasteiger partial charge on any atom is 0.129 e. The van der Waals surface area contributed by atoms with Gasteiger partial charge in [0.15, 0.2) is 0 Å². The summed E-state index contributed by atoms with van der Waals surface area (Å²) < 4.78 is 0.835. The SMILES string of the molecule is C[Si](C)(C)C#Cc1cc(C#N)c(Cl)cc1Br. The van der Waals surface area contributed by atoms with Crippen LogP contribution in [0.2, 0.25) is 24.7 Å². The predicted octanol–water partition coefficient (Wildman–Crippen LogP) is 4.20. The molecule has 0 radical (unpaired) electrons. The Morgan fingerprint density at radius 2 is 1.88 bits per heavy atom. The topological polar surface area (TPSA) is 23.8 Å². The summed E-state index contributed by atoms with van der Waals surface area (Å²) in [6.45, 7) is 6.53. The number of hydrogen-bond donors (Lipinski definition) is 0. The van der Waals surface area contributed by atoms with E-state index < -0.39 is 8.07 Å². The molecule has 1 aromatic rings. The fourth-order valence-electron chi connectivity index (χ4n) is 0.985. The van der Waals surface area contributed by atoms with Gasteiger partial charge in [-0.25, -0.2) is 0 Å². The van der Waals surface area contributed by atoms with Crippen LogP contribution >= 0.6 is 27.5 Å². The van der Waals surface area contributed by atoms with Crippen LogP contribution in [0.1, 0.15) is 11.1 Å². The molecule has 0 amide bonds. The molecule has 1 nitrogen and oxygen atoms in total. The van der Waals surface area contributed by atoms with Gasteiger partial charge in [-0.05, 0) is 28.1 Å². The molecule has 0 spiro atoms. The highest BCUT2D eigenvalue weighted by atomic mass is 79.9. The van der Waals surface area contributed by atoms with Gasteiger partial charge in [-0.15, -0.1) is 5.54 Å². The van der Waals surface area contributed by atoms with Crippen molar-refractivity contribution in [2.45, 2.75) is 19.6 Å². The summed E-state index contributed by atoms with van der Waals surface area (Å²) in [5, 5.41) is 9.32. The predicted molar refractivity (Wildman–Crippen MR) is 74.1 cm³/mol. The van der Waals surface area contributed by atoms with Crippen molar-refractivity contribution in [2.24, 2.45) is 0 Å². The monoisotopic (exact) mass is 311 g/mol. The number of nitrogens with zero attached hydrogens (tertiary/aromatic N) is 1. The summed E-state index contributed by atoms with van der Waals surface area (Å²) in [5.74, 6) is 3.11. The molecular weight excluding hydrogens is 302 g/mol. The summed E-state index contributed by atoms with van der Waals surface area (Å²) in [7, 11) is -1.40. The first-order chi connectivity index (χ1) is 7.33. The third-order valence-electron chi connectivity index (χ3n) is 1.75. The fraction of sp³-hybridized carbons (Fsp3) is 0.250. The Kier molecular flexibility index (Phi) is 4.21. The number of hydrogen-bond acceptors (Lipinski definition) is 1. The summed E-state index contributed by atoms with van der Waals surface area (Å²) in [5.41, 5.74) is 4.54. The maximum absolute atomic E-state index is 8.87. The van der Waals surface area contributed by atoms with Crippen molar-refractivity contribution >= 4 is 35.6 Å². The molecule has 0 fully saturated rings. The molecule has 0 atom stereocenters. The van der Waals surface area contributed by atoms with E-state index in [2.05, 4.69) is 53.1 Å². The van der Waals surface area contributed by atoms with Gasteiger partial charge in [-0.2, -0.15) is 5.26 Å². The highest BCUT2D eigenvalue weighted by Crippen LogP contribution is 2.24. The second kappa shape index (κ2) is 5.06. The van der Waals surface area contributed by atoms with Gasteiger partial charge in [0.05, 0.1) is 10.6 Å². The van der Waals surface area contributed by atoms with Crippen LogP contribution in [0.25, 0.3) is 0 Å². The van der Waals surface area contributed by atoms with Crippen LogP contribution in [0.5, 0.6) is 0 Å². The Hall–Kier alpha value is -0.743. The highest BCUT2D eigenvalue weighted by Gasteiger charge is 2.09. The van der Waals surface area contributed by atoms with Gasteiger partial charge in [0, 0.05) is 10.0 Å². The Balaban J connectivity index is 3.25. The van der Waals surface area contributed by atoms with Crippen molar-refractivity contribution in [1.29, 1.82) is 5.26 Å². The van der Waals surface area contributed by atoms with E-state index in [0.717, 1.165) is 10.0 Å². The summed E-state index contributed by atoms with van der Waals surface area (Å²) in [6, 6.07) is 5.49. The third-order valence-corrected chi connectivity index (χ3v) is 3.59. The van der Waals surface area contributed by atoms with Crippen LogP contribution in [0.15, 0.2) is 16.6 Å². The van der Waals surface area contributed by atoms with E-state index in [1.165, 1.54) is 0 Å². The molecule has 4 heteroatoms. The molecule has 82 valence electrons. The van der Waals surface area contributed by atoms with E-state index in [1.807, 2.05) is 0 Å². The molecule has 1 rings (SSSR count). The third kappa shape index (κ3) is 3.68. The molecule has 0 heterocycles. The molecular formula is C12H11BrClNSi. The fourth-order valence-corrected chi connectivity index (χ4v) is 2.28. The van der Waals surface area contributed by atoms with Gasteiger partial charge in [0.25, 0.3) is 0 Å². The van der Waals surface area contributed by atoms with Crippen molar-refractivity contribution in [3.05, 3.63) is 32.8 Å². The van der Waals surface area contributed by atoms with Crippen molar-refractivity contribution in [3.8, 4) is 17.5 Å². The second-order valence-corrected chi connectivity index (χ2v) is 10.4. The van der Waals surface area contributed by atoms with E-state index in [4.69, 9.17) is 16.9 Å². The smallest absolute Gasteiger partial charge is 0.129 e. The number of rotatable bonds is 0. The zero-order chi connectivity index (χ0) is 12.3. The minimum atomic E-state index is -1.40. The average Bonchev–Trinajstić information content (AvgIpc) is 2.15. The molecule has 0 aliphatic carbocycles. The van der Waals surface area contributed by atoms with Gasteiger partial charge >= 0.3 is 0 Å². The molecule has 0 N–H and O–H groups in total. The van der Waals surface area contributed by atoms with E-state index in [-0.39, 0.29) is 0 Å². The molecule has 0 bridgehead atoms. The molecule has 0 saturated heterocycles. The Morgan fingerprint density at radius 1 is 1.25 bits per heavy atom. The molecule has 1 aromatic carbocycles. The van der Waals surface area contributed by atoms with Gasteiger partial charge < -0.3 is 0 Å². The lowest BCUT2D eigenvalue weighted by atomic mass is 10.1. The minimum absolute atomic E-state index is 0.452. The lowest BCUT2D eigenvalue weighted by Crippen LogP contribution is -2.16. The van der Waals surface area contributed by atoms with Gasteiger partial charge in [0.1, 0.15) is 14.1 Å². The van der Waals surface area contributed by atoms with Crippen molar-refractivity contribution in [2.75, 3.05) is 0 Å². The lowest BCUT2D eigenvalue weighted by Gasteiger charge is -2.04. The average molecular weight is 313 g/mol. The van der Waals surface area contributed by atoms with E-state index in [0.29, 0.717) is 10.6 Å². The first-order valence-corrected chi connectivity index (χ1v) is 9.43. The first-order valence-electron chi connectivity index (χ1n) is 4.76. The van der Waals surface area contributed by atoms with Crippen LogP contribution in [0, 0.1) is 22.8 Å². The van der Waals surface area contributed by atoms with Gasteiger partial charge in [-0.1, -0.05) is 37.2 Å². The zero-order valence-electron chi connectivity index (χ0n) is 9.36. The Morgan fingerprint density at radius 3 is 2.38 bits per heavy atom. The minimum Gasteiger partial charge on any atom is -0.192 e. The van der Waals surface area contributed by atoms with Crippen molar-refractivity contribution < 1.29 is 0 Å².